The van der Waals surface area contributed by atoms with Crippen LogP contribution < -0.4 is 0 Å². The van der Waals surface area contributed by atoms with E-state index in [0.717, 1.165) is 4.47 Å². The second kappa shape index (κ2) is 5.98. The van der Waals surface area contributed by atoms with Crippen LogP contribution in [0.2, 0.25) is 0 Å². The van der Waals surface area contributed by atoms with E-state index in [9.17, 15) is 10.2 Å². The van der Waals surface area contributed by atoms with Crippen molar-refractivity contribution < 1.29 is 10.2 Å². The Morgan fingerprint density at radius 1 is 1.12 bits per heavy atom. The van der Waals surface area contributed by atoms with Crippen molar-refractivity contribution in [2.45, 2.75) is 52.2 Å². The Labute approximate surface area is 112 Å². The molecule has 1 aromatic rings. The normalized spacial score (nSPS) is 16.6. The molecule has 0 fully saturated rings. The first-order chi connectivity index (χ1) is 7.82. The molecule has 0 saturated carbocycles. The number of halogens is 1. The Hall–Kier alpha value is -0.380. The first-order valence-electron chi connectivity index (χ1n) is 5.95. The van der Waals surface area contributed by atoms with Crippen molar-refractivity contribution in [3.05, 3.63) is 33.3 Å². The maximum atomic E-state index is 9.71. The summed E-state index contributed by atoms with van der Waals surface area (Å²) in [7, 11) is 0. The van der Waals surface area contributed by atoms with Crippen molar-refractivity contribution in [2.24, 2.45) is 0 Å². The van der Waals surface area contributed by atoms with E-state index in [1.807, 2.05) is 0 Å². The van der Waals surface area contributed by atoms with Crippen LogP contribution >= 0.6 is 15.9 Å². The van der Waals surface area contributed by atoms with Crippen LogP contribution in [0.3, 0.4) is 0 Å². The number of rotatable bonds is 4. The van der Waals surface area contributed by atoms with Crippen LogP contribution in [0, 0.1) is 13.8 Å². The van der Waals surface area contributed by atoms with Crippen LogP contribution in [0.1, 0.15) is 42.9 Å². The topological polar surface area (TPSA) is 40.5 Å². The number of hydrogen-bond donors (Lipinski definition) is 2. The van der Waals surface area contributed by atoms with Crippen LogP contribution in [0.25, 0.3) is 0 Å². The lowest BCUT2D eigenvalue weighted by atomic mass is 9.91. The average Bonchev–Trinajstić information content (AvgIpc) is 2.22. The van der Waals surface area contributed by atoms with Crippen LogP contribution in [0.5, 0.6) is 0 Å². The van der Waals surface area contributed by atoms with Gasteiger partial charge in [-0.25, -0.2) is 0 Å². The number of benzene rings is 1. The molecule has 0 amide bonds. The van der Waals surface area contributed by atoms with Gasteiger partial charge in [-0.3, -0.25) is 0 Å². The van der Waals surface area contributed by atoms with Gasteiger partial charge in [-0.15, -0.1) is 0 Å². The Balaban J connectivity index is 2.89. The molecule has 0 heterocycles. The van der Waals surface area contributed by atoms with E-state index in [4.69, 9.17) is 0 Å². The molecule has 0 aliphatic rings. The zero-order valence-electron chi connectivity index (χ0n) is 10.9. The number of hydrogen-bond acceptors (Lipinski definition) is 2. The van der Waals surface area contributed by atoms with Crippen molar-refractivity contribution in [1.82, 2.24) is 0 Å². The van der Waals surface area contributed by atoms with E-state index < -0.39 is 12.2 Å². The lowest BCUT2D eigenvalue weighted by Gasteiger charge is -2.20. The summed E-state index contributed by atoms with van der Waals surface area (Å²) in [6, 6.07) is 4.26. The van der Waals surface area contributed by atoms with E-state index in [0.29, 0.717) is 6.42 Å². The summed E-state index contributed by atoms with van der Waals surface area (Å²) in [6.45, 7) is 7.86. The highest BCUT2D eigenvalue weighted by Gasteiger charge is 2.18. The minimum Gasteiger partial charge on any atom is -0.391 e. The fourth-order valence-corrected chi connectivity index (χ4v) is 2.72. The smallest absolute Gasteiger partial charge is 0.0802 e. The molecule has 0 saturated heterocycles. The van der Waals surface area contributed by atoms with Gasteiger partial charge in [0.05, 0.1) is 12.2 Å². The monoisotopic (exact) mass is 300 g/mol. The third-order valence-electron chi connectivity index (χ3n) is 3.30. The molecule has 17 heavy (non-hydrogen) atoms. The van der Waals surface area contributed by atoms with Gasteiger partial charge in [0.15, 0.2) is 0 Å². The van der Waals surface area contributed by atoms with Gasteiger partial charge < -0.3 is 10.2 Å². The number of aliphatic hydroxyl groups is 2. The molecule has 2 N–H and O–H groups in total. The SMILES string of the molecule is Cc1cc(Br)c(C(C)CC(O)C(C)O)cc1C. The molecule has 1 rings (SSSR count). The van der Waals surface area contributed by atoms with E-state index in [1.54, 1.807) is 6.92 Å². The summed E-state index contributed by atoms with van der Waals surface area (Å²) in [5.41, 5.74) is 3.69. The molecule has 3 unspecified atom stereocenters. The first kappa shape index (κ1) is 14.7. The maximum absolute atomic E-state index is 9.71. The zero-order chi connectivity index (χ0) is 13.2. The summed E-state index contributed by atoms with van der Waals surface area (Å²) >= 11 is 3.56. The summed E-state index contributed by atoms with van der Waals surface area (Å²) < 4.78 is 1.07. The number of aryl methyl sites for hydroxylation is 2. The highest BCUT2D eigenvalue weighted by atomic mass is 79.9. The Kier molecular flexibility index (Phi) is 5.17. The predicted molar refractivity (Wildman–Crippen MR) is 74.3 cm³/mol. The molecule has 0 radical (unpaired) electrons. The Morgan fingerprint density at radius 2 is 1.65 bits per heavy atom. The fourth-order valence-electron chi connectivity index (χ4n) is 1.87. The molecule has 96 valence electrons. The lowest BCUT2D eigenvalue weighted by molar-refractivity contribution is 0.0227. The fraction of sp³-hybridized carbons (Fsp3) is 0.571. The van der Waals surface area contributed by atoms with Crippen molar-refractivity contribution in [3.63, 3.8) is 0 Å². The second-order valence-electron chi connectivity index (χ2n) is 4.90. The maximum Gasteiger partial charge on any atom is 0.0802 e. The molecule has 3 heteroatoms. The van der Waals surface area contributed by atoms with Gasteiger partial charge in [0.1, 0.15) is 0 Å². The molecule has 0 bridgehead atoms. The standard InChI is InChI=1S/C14H21BrO2/c1-8-5-12(13(15)6-9(8)2)10(3)7-14(17)11(4)16/h5-6,10-11,14,16-17H,7H2,1-4H3. The average molecular weight is 301 g/mol. The molecule has 0 aliphatic carbocycles. The third kappa shape index (κ3) is 3.80. The molecule has 3 atom stereocenters. The predicted octanol–water partition coefficient (Wildman–Crippen LogP) is 3.30. The lowest BCUT2D eigenvalue weighted by Crippen LogP contribution is -2.24. The minimum absolute atomic E-state index is 0.216. The van der Waals surface area contributed by atoms with Gasteiger partial charge in [0, 0.05) is 4.47 Å². The van der Waals surface area contributed by atoms with Gasteiger partial charge >= 0.3 is 0 Å². The van der Waals surface area contributed by atoms with Gasteiger partial charge in [0.25, 0.3) is 0 Å². The quantitative estimate of drug-likeness (QED) is 0.896. The second-order valence-corrected chi connectivity index (χ2v) is 5.76. The third-order valence-corrected chi connectivity index (χ3v) is 3.98. The zero-order valence-corrected chi connectivity index (χ0v) is 12.5. The van der Waals surface area contributed by atoms with Crippen molar-refractivity contribution in [2.75, 3.05) is 0 Å². The van der Waals surface area contributed by atoms with E-state index in [2.05, 4.69) is 48.8 Å². The molecule has 0 aromatic heterocycles. The van der Waals surface area contributed by atoms with Gasteiger partial charge in [-0.1, -0.05) is 28.9 Å². The van der Waals surface area contributed by atoms with E-state index in [1.165, 1.54) is 16.7 Å². The highest BCUT2D eigenvalue weighted by Crippen LogP contribution is 2.31. The molecule has 0 spiro atoms. The van der Waals surface area contributed by atoms with Crippen LogP contribution in [-0.2, 0) is 0 Å². The highest BCUT2D eigenvalue weighted by molar-refractivity contribution is 9.10. The molecule has 2 nitrogen and oxygen atoms in total. The van der Waals surface area contributed by atoms with Gasteiger partial charge in [-0.05, 0) is 55.9 Å². The first-order valence-corrected chi connectivity index (χ1v) is 6.75. The van der Waals surface area contributed by atoms with Crippen molar-refractivity contribution >= 4 is 15.9 Å². The van der Waals surface area contributed by atoms with Crippen LogP contribution in [0.4, 0.5) is 0 Å². The van der Waals surface area contributed by atoms with E-state index >= 15 is 0 Å². The molecule has 0 aliphatic heterocycles. The Morgan fingerprint density at radius 3 is 2.18 bits per heavy atom. The summed E-state index contributed by atoms with van der Waals surface area (Å²) in [6.07, 6.45) is -0.778. The minimum atomic E-state index is -0.678. The van der Waals surface area contributed by atoms with Crippen LogP contribution in [-0.4, -0.2) is 22.4 Å². The van der Waals surface area contributed by atoms with Crippen molar-refractivity contribution in [1.29, 1.82) is 0 Å². The molecular weight excluding hydrogens is 280 g/mol. The van der Waals surface area contributed by atoms with Crippen LogP contribution in [0.15, 0.2) is 16.6 Å². The van der Waals surface area contributed by atoms with Gasteiger partial charge in [0.2, 0.25) is 0 Å². The summed E-state index contributed by atoms with van der Waals surface area (Å²) in [4.78, 5) is 0. The molecular formula is C14H21BrO2. The largest absolute Gasteiger partial charge is 0.391 e. The van der Waals surface area contributed by atoms with E-state index in [-0.39, 0.29) is 5.92 Å². The molecule has 1 aromatic carbocycles. The van der Waals surface area contributed by atoms with Crippen molar-refractivity contribution in [3.8, 4) is 0 Å². The summed E-state index contributed by atoms with van der Waals surface area (Å²) in [5, 5.41) is 19.0. The Bertz CT molecular complexity index is 388. The van der Waals surface area contributed by atoms with Gasteiger partial charge in [-0.2, -0.15) is 0 Å². The summed E-state index contributed by atoms with van der Waals surface area (Å²) in [5.74, 6) is 0.216. The number of aliphatic hydroxyl groups excluding tert-OH is 2.